The number of para-hydroxylation sites is 1. The zero-order chi connectivity index (χ0) is 12.1. The summed E-state index contributed by atoms with van der Waals surface area (Å²) in [4.78, 5) is 11.0. The Hall–Kier alpha value is -1.58. The lowest BCUT2D eigenvalue weighted by molar-refractivity contribution is -0.139. The predicted octanol–water partition coefficient (Wildman–Crippen LogP) is 2.36. The normalized spacial score (nSPS) is 26.4. The van der Waals surface area contributed by atoms with Crippen LogP contribution in [0.2, 0.25) is 0 Å². The number of carboxylic acid groups (broad SMARTS) is 1. The molecule has 0 spiro atoms. The van der Waals surface area contributed by atoms with Gasteiger partial charge in [-0.15, -0.1) is 0 Å². The van der Waals surface area contributed by atoms with Crippen molar-refractivity contribution < 1.29 is 19.4 Å². The minimum atomic E-state index is -0.904. The molecule has 0 saturated heterocycles. The van der Waals surface area contributed by atoms with Gasteiger partial charge in [-0.1, -0.05) is 26.0 Å². The van der Waals surface area contributed by atoms with Gasteiger partial charge in [-0.2, -0.15) is 0 Å². The molecule has 0 heterocycles. The number of aliphatic carboxylic acids is 1. The van der Waals surface area contributed by atoms with Crippen LogP contribution in [0.25, 0.3) is 0 Å². The van der Waals surface area contributed by atoms with Crippen LogP contribution in [-0.4, -0.2) is 16.2 Å². The van der Waals surface area contributed by atoms with Crippen molar-refractivity contribution in [1.29, 1.82) is 0 Å². The molecule has 2 unspecified atom stereocenters. The number of phenolic OH excluding ortho intramolecular Hbond substituents is 1. The van der Waals surface area contributed by atoms with Gasteiger partial charge in [-0.05, 0) is 11.5 Å². The van der Waals surface area contributed by atoms with Gasteiger partial charge in [0.15, 0.2) is 11.6 Å². The third-order valence-corrected chi connectivity index (χ3v) is 3.45. The Morgan fingerprint density at radius 2 is 2.06 bits per heavy atom. The fourth-order valence-corrected chi connectivity index (χ4v) is 2.46. The van der Waals surface area contributed by atoms with Crippen molar-refractivity contribution in [3.05, 3.63) is 29.6 Å². The Balaban J connectivity index is 2.41. The Bertz CT molecular complexity index is 454. The van der Waals surface area contributed by atoms with Crippen LogP contribution >= 0.6 is 0 Å². The average molecular weight is 224 g/mol. The molecule has 0 aliphatic heterocycles. The molecule has 4 heteroatoms. The molecular formula is C12H13FO3. The largest absolute Gasteiger partial charge is 0.505 e. The minimum Gasteiger partial charge on any atom is -0.505 e. The molecule has 86 valence electrons. The summed E-state index contributed by atoms with van der Waals surface area (Å²) in [6.07, 6.45) is 0. The summed E-state index contributed by atoms with van der Waals surface area (Å²) in [6.45, 7) is 3.61. The SMILES string of the molecule is CC1(C)C(C(=O)O)C1c1cccc(F)c1O. The second-order valence-corrected chi connectivity index (χ2v) is 4.79. The summed E-state index contributed by atoms with van der Waals surface area (Å²) >= 11 is 0. The number of carbonyl (C=O) groups is 1. The summed E-state index contributed by atoms with van der Waals surface area (Å²) in [6, 6.07) is 4.22. The van der Waals surface area contributed by atoms with Gasteiger partial charge in [0.2, 0.25) is 0 Å². The van der Waals surface area contributed by atoms with E-state index < -0.39 is 28.9 Å². The number of rotatable bonds is 2. The number of hydrogen-bond donors (Lipinski definition) is 2. The van der Waals surface area contributed by atoms with Gasteiger partial charge in [0.25, 0.3) is 0 Å². The molecule has 1 aliphatic carbocycles. The average Bonchev–Trinajstić information content (AvgIpc) is 2.74. The number of phenols is 1. The highest BCUT2D eigenvalue weighted by Crippen LogP contribution is 2.65. The smallest absolute Gasteiger partial charge is 0.307 e. The first kappa shape index (κ1) is 10.9. The second kappa shape index (κ2) is 3.20. The second-order valence-electron chi connectivity index (χ2n) is 4.79. The molecule has 1 aromatic carbocycles. The van der Waals surface area contributed by atoms with Gasteiger partial charge in [0.05, 0.1) is 5.92 Å². The first-order valence-corrected chi connectivity index (χ1v) is 5.07. The van der Waals surface area contributed by atoms with Gasteiger partial charge < -0.3 is 10.2 Å². The topological polar surface area (TPSA) is 57.5 Å². The summed E-state index contributed by atoms with van der Waals surface area (Å²) in [5, 5.41) is 18.6. The van der Waals surface area contributed by atoms with Gasteiger partial charge in [0, 0.05) is 11.5 Å². The minimum absolute atomic E-state index is 0.319. The quantitative estimate of drug-likeness (QED) is 0.810. The van der Waals surface area contributed by atoms with E-state index in [1.54, 1.807) is 19.9 Å². The number of aromatic hydroxyl groups is 1. The van der Waals surface area contributed by atoms with E-state index in [9.17, 15) is 14.3 Å². The third kappa shape index (κ3) is 1.37. The van der Waals surface area contributed by atoms with E-state index in [0.29, 0.717) is 5.56 Å². The van der Waals surface area contributed by atoms with Gasteiger partial charge in [-0.25, -0.2) is 4.39 Å². The molecule has 0 radical (unpaired) electrons. The zero-order valence-corrected chi connectivity index (χ0v) is 9.07. The number of carboxylic acids is 1. The van der Waals surface area contributed by atoms with E-state index in [1.807, 2.05) is 0 Å². The Morgan fingerprint density at radius 3 is 2.56 bits per heavy atom. The zero-order valence-electron chi connectivity index (χ0n) is 9.07. The first-order valence-electron chi connectivity index (χ1n) is 5.07. The first-order chi connectivity index (χ1) is 7.37. The van der Waals surface area contributed by atoms with Crippen LogP contribution in [0.3, 0.4) is 0 Å². The standard InChI is InChI=1S/C12H13FO3/c1-12(2)8(9(12)11(15)16)6-4-3-5-7(13)10(6)14/h3-5,8-9,14H,1-2H3,(H,15,16). The summed E-state index contributed by atoms with van der Waals surface area (Å²) in [5.41, 5.74) is -0.0469. The van der Waals surface area contributed by atoms with E-state index in [0.717, 1.165) is 6.07 Å². The molecule has 2 rings (SSSR count). The number of halogens is 1. The van der Waals surface area contributed by atoms with Crippen LogP contribution in [0.4, 0.5) is 4.39 Å². The maximum Gasteiger partial charge on any atom is 0.307 e. The Kier molecular flexibility index (Phi) is 2.19. The van der Waals surface area contributed by atoms with Crippen LogP contribution < -0.4 is 0 Å². The lowest BCUT2D eigenvalue weighted by Gasteiger charge is -2.05. The molecule has 0 amide bonds. The van der Waals surface area contributed by atoms with Crippen molar-refractivity contribution in [2.75, 3.05) is 0 Å². The van der Waals surface area contributed by atoms with Crippen LogP contribution in [0.15, 0.2) is 18.2 Å². The Labute approximate surface area is 92.5 Å². The maximum absolute atomic E-state index is 13.1. The van der Waals surface area contributed by atoms with Crippen LogP contribution in [0.1, 0.15) is 25.3 Å². The van der Waals surface area contributed by atoms with Gasteiger partial charge in [0.1, 0.15) is 0 Å². The van der Waals surface area contributed by atoms with Crippen molar-refractivity contribution in [3.8, 4) is 5.75 Å². The molecule has 2 atom stereocenters. The van der Waals surface area contributed by atoms with Crippen LogP contribution in [0, 0.1) is 17.2 Å². The molecule has 3 nitrogen and oxygen atoms in total. The highest BCUT2D eigenvalue weighted by atomic mass is 19.1. The molecule has 1 saturated carbocycles. The van der Waals surface area contributed by atoms with E-state index in [1.165, 1.54) is 6.07 Å². The Morgan fingerprint density at radius 1 is 1.44 bits per heavy atom. The van der Waals surface area contributed by atoms with Crippen LogP contribution in [0.5, 0.6) is 5.75 Å². The van der Waals surface area contributed by atoms with Crippen molar-refractivity contribution in [2.24, 2.45) is 11.3 Å². The molecular weight excluding hydrogens is 211 g/mol. The molecule has 1 aromatic rings. The van der Waals surface area contributed by atoms with Crippen molar-refractivity contribution in [3.63, 3.8) is 0 Å². The highest BCUT2D eigenvalue weighted by Gasteiger charge is 2.63. The van der Waals surface area contributed by atoms with E-state index in [4.69, 9.17) is 5.11 Å². The van der Waals surface area contributed by atoms with E-state index in [2.05, 4.69) is 0 Å². The molecule has 0 aromatic heterocycles. The lowest BCUT2D eigenvalue weighted by Crippen LogP contribution is -2.03. The van der Waals surface area contributed by atoms with E-state index in [-0.39, 0.29) is 5.92 Å². The lowest BCUT2D eigenvalue weighted by atomic mass is 10.0. The van der Waals surface area contributed by atoms with Crippen molar-refractivity contribution >= 4 is 5.97 Å². The van der Waals surface area contributed by atoms with Crippen LogP contribution in [-0.2, 0) is 4.79 Å². The number of hydrogen-bond acceptors (Lipinski definition) is 2. The highest BCUT2D eigenvalue weighted by molar-refractivity contribution is 5.78. The maximum atomic E-state index is 13.1. The molecule has 16 heavy (non-hydrogen) atoms. The predicted molar refractivity (Wildman–Crippen MR) is 55.7 cm³/mol. The van der Waals surface area contributed by atoms with E-state index >= 15 is 0 Å². The summed E-state index contributed by atoms with van der Waals surface area (Å²) in [7, 11) is 0. The number of benzene rings is 1. The van der Waals surface area contributed by atoms with Gasteiger partial charge in [-0.3, -0.25) is 4.79 Å². The molecule has 2 N–H and O–H groups in total. The summed E-state index contributed by atoms with van der Waals surface area (Å²) in [5.74, 6) is -2.91. The molecule has 1 aliphatic rings. The van der Waals surface area contributed by atoms with Crippen molar-refractivity contribution in [2.45, 2.75) is 19.8 Å². The fourth-order valence-electron chi connectivity index (χ4n) is 2.46. The van der Waals surface area contributed by atoms with Gasteiger partial charge >= 0.3 is 5.97 Å². The summed E-state index contributed by atoms with van der Waals surface area (Å²) < 4.78 is 13.1. The molecule has 1 fully saturated rings. The monoisotopic (exact) mass is 224 g/mol. The fraction of sp³-hybridized carbons (Fsp3) is 0.417. The molecule has 0 bridgehead atoms. The third-order valence-electron chi connectivity index (χ3n) is 3.45. The van der Waals surface area contributed by atoms with Crippen molar-refractivity contribution in [1.82, 2.24) is 0 Å².